The van der Waals surface area contributed by atoms with Crippen LogP contribution < -0.4 is 0 Å². The Morgan fingerprint density at radius 2 is 0.867 bits per heavy atom. The number of alkyl halides is 6. The van der Waals surface area contributed by atoms with Crippen molar-refractivity contribution in [3.05, 3.63) is 30.3 Å². The normalized spacial score (nSPS) is 10.3. The van der Waals surface area contributed by atoms with Gasteiger partial charge >= 0.3 is 51.8 Å². The zero-order chi connectivity index (χ0) is 24.1. The molecule has 1 aromatic carbocycles. The van der Waals surface area contributed by atoms with Crippen molar-refractivity contribution in [2.45, 2.75) is 51.6 Å². The van der Waals surface area contributed by atoms with E-state index in [9.17, 15) is 26.3 Å². The van der Waals surface area contributed by atoms with E-state index >= 15 is 0 Å². The minimum Gasteiger partial charge on any atom is -0.214 e. The van der Waals surface area contributed by atoms with Crippen molar-refractivity contribution in [1.82, 2.24) is 0 Å². The fourth-order valence-electron chi connectivity index (χ4n) is 0.506. The van der Waals surface area contributed by atoms with Gasteiger partial charge in [-0.2, -0.15) is 18.2 Å². The van der Waals surface area contributed by atoms with Crippen molar-refractivity contribution in [1.29, 1.82) is 0 Å². The van der Waals surface area contributed by atoms with Crippen LogP contribution in [-0.4, -0.2) is 60.6 Å². The van der Waals surface area contributed by atoms with E-state index in [-0.39, 0.29) is 26.2 Å². The molecule has 3 nitrogen and oxygen atoms in total. The predicted molar refractivity (Wildman–Crippen MR) is 107 cm³/mol. The van der Waals surface area contributed by atoms with Crippen molar-refractivity contribution in [2.24, 2.45) is 17.8 Å². The third-order valence-electron chi connectivity index (χ3n) is 1.98. The second-order valence-corrected chi connectivity index (χ2v) is 10.3. The summed E-state index contributed by atoms with van der Waals surface area (Å²) in [5.41, 5.74) is 0. The molecule has 181 valence electrons. The second-order valence-electron chi connectivity index (χ2n) is 6.92. The summed E-state index contributed by atoms with van der Waals surface area (Å²) >= 11 is -4.06. The monoisotopic (exact) mass is 590 g/mol. The van der Waals surface area contributed by atoms with Gasteiger partial charge in [-0.15, -0.1) is 0 Å². The number of halogens is 6. The molecule has 0 amide bonds. The van der Waals surface area contributed by atoms with Crippen LogP contribution in [0.3, 0.4) is 0 Å². The molecule has 0 heterocycles. The minimum atomic E-state index is -4.98. The van der Waals surface area contributed by atoms with E-state index in [4.69, 9.17) is 15.3 Å². The Morgan fingerprint density at radius 1 is 0.667 bits per heavy atom. The van der Waals surface area contributed by atoms with E-state index < -0.39 is 25.4 Å². The summed E-state index contributed by atoms with van der Waals surface area (Å²) in [5.74, 6) is 1.32. The Kier molecular flexibility index (Phi) is 34.5. The van der Waals surface area contributed by atoms with Gasteiger partial charge < -0.3 is 15.3 Å². The summed E-state index contributed by atoms with van der Waals surface area (Å²) in [6.07, 6.45) is 0. The molecule has 30 heavy (non-hydrogen) atoms. The first kappa shape index (κ1) is 40.6. The van der Waals surface area contributed by atoms with Crippen molar-refractivity contribution in [3.63, 3.8) is 0 Å². The zero-order valence-corrected chi connectivity index (χ0v) is 23.3. The smallest absolute Gasteiger partial charge is 0 e. The molecule has 0 spiro atoms. The Bertz CT molecular complexity index is 350. The van der Waals surface area contributed by atoms with Gasteiger partial charge in [0.2, 0.25) is 0 Å². The van der Waals surface area contributed by atoms with Crippen molar-refractivity contribution >= 4 is 15.4 Å². The molecule has 0 aliphatic rings. The van der Waals surface area contributed by atoms with Gasteiger partial charge in [-0.25, -0.2) is 12.1 Å². The molecule has 0 saturated carbocycles. The fraction of sp³-hybridized carbons (Fsp3) is 0.737. The van der Waals surface area contributed by atoms with Gasteiger partial charge in [0, 0.05) is 46.0 Å². The topological polar surface area (TPSA) is 60.7 Å². The van der Waals surface area contributed by atoms with Crippen LogP contribution in [-0.2, 0) is 26.2 Å². The van der Waals surface area contributed by atoms with Crippen LogP contribution in [0, 0.1) is 17.8 Å². The van der Waals surface area contributed by atoms with E-state index in [0.717, 1.165) is 0 Å². The molecule has 0 saturated heterocycles. The Balaban J connectivity index is -0.0000000884. The van der Waals surface area contributed by atoms with Crippen LogP contribution in [0.15, 0.2) is 30.3 Å². The first-order chi connectivity index (χ1) is 13.0. The molecule has 0 unspecified atom stereocenters. The fourth-order valence-corrected chi connectivity index (χ4v) is 1.29. The van der Waals surface area contributed by atoms with Gasteiger partial charge in [0.05, 0.1) is 0 Å². The standard InChI is InChI=1S/C5H5.3C4H10O.C2HF6Ge.Zr/c1-2-4-5-3-1;3*1-4(2)3-5;3-1(4,5)9-2(6,7)8;/h1-5H;3*4-5H,3H2,1-2H3;9H;/q-1;;;;;. The molecule has 11 heteroatoms. The molecule has 0 bridgehead atoms. The predicted octanol–water partition coefficient (Wildman–Crippen LogP) is 4.77. The van der Waals surface area contributed by atoms with Gasteiger partial charge in [0.1, 0.15) is 0 Å². The van der Waals surface area contributed by atoms with Gasteiger partial charge in [0.25, 0.3) is 0 Å². The van der Waals surface area contributed by atoms with E-state index in [1.807, 2.05) is 71.9 Å². The first-order valence-electron chi connectivity index (χ1n) is 9.02. The van der Waals surface area contributed by atoms with Crippen LogP contribution in [0.1, 0.15) is 41.5 Å². The number of hydrogen-bond acceptors (Lipinski definition) is 3. The third-order valence-corrected chi connectivity index (χ3v) is 3.35. The molecule has 0 atom stereocenters. The second kappa shape index (κ2) is 25.5. The molecule has 0 fully saturated rings. The van der Waals surface area contributed by atoms with Crippen molar-refractivity contribution in [2.75, 3.05) is 19.8 Å². The van der Waals surface area contributed by atoms with Crippen LogP contribution in [0.5, 0.6) is 0 Å². The molecule has 1 radical (unpaired) electrons. The molecular weight excluding hydrogens is 554 g/mol. The van der Waals surface area contributed by atoms with E-state index in [0.29, 0.717) is 37.6 Å². The number of rotatable bonds is 3. The maximum absolute atomic E-state index is 10.9. The quantitative estimate of drug-likeness (QED) is 0.270. The summed E-state index contributed by atoms with van der Waals surface area (Å²) < 4.78 is 65.4. The average Bonchev–Trinajstić information content (AvgIpc) is 3.12. The largest absolute Gasteiger partial charge is 0.214 e. The summed E-state index contributed by atoms with van der Waals surface area (Å²) in [7, 11) is 0. The zero-order valence-electron chi connectivity index (χ0n) is 18.4. The van der Waals surface area contributed by atoms with Crippen LogP contribution >= 0.6 is 0 Å². The first-order valence-corrected chi connectivity index (χ1v) is 11.4. The molecular formula is C19H36F6GeO3Zr-. The Morgan fingerprint density at radius 3 is 0.900 bits per heavy atom. The van der Waals surface area contributed by atoms with Crippen molar-refractivity contribution in [3.8, 4) is 0 Å². The summed E-state index contributed by atoms with van der Waals surface area (Å²) in [5, 5.41) is 14.5. The molecule has 0 aliphatic carbocycles. The average molecular weight is 590 g/mol. The minimum absolute atomic E-state index is 0. The number of aliphatic hydroxyl groups is 3. The van der Waals surface area contributed by atoms with Gasteiger partial charge in [-0.05, 0) is 17.8 Å². The van der Waals surface area contributed by atoms with Crippen LogP contribution in [0.4, 0.5) is 26.3 Å². The molecule has 0 aliphatic heterocycles. The van der Waals surface area contributed by atoms with E-state index in [1.54, 1.807) is 0 Å². The Labute approximate surface area is 202 Å². The maximum atomic E-state index is 10.9. The number of hydrogen-bond donors (Lipinski definition) is 3. The summed E-state index contributed by atoms with van der Waals surface area (Å²) in [6.45, 7) is 12.7. The molecule has 1 aromatic rings. The summed E-state index contributed by atoms with van der Waals surface area (Å²) in [6, 6.07) is 10.0. The third kappa shape index (κ3) is 70.5. The van der Waals surface area contributed by atoms with Crippen LogP contribution in [0.25, 0.3) is 0 Å². The molecule has 0 aromatic heterocycles. The SMILES string of the molecule is CC(C)CO.CC(C)CO.CC(C)CO.F[C](F)(F)[GeH][C](F)(F)F.[Zr].c1cc[cH-]c1. The molecule has 1 rings (SSSR count). The molecule has 3 N–H and O–H groups in total. The van der Waals surface area contributed by atoms with E-state index in [1.165, 1.54) is 0 Å². The Hall–Kier alpha value is 0.236. The van der Waals surface area contributed by atoms with Crippen molar-refractivity contribution < 1.29 is 67.9 Å². The summed E-state index contributed by atoms with van der Waals surface area (Å²) in [4.78, 5) is 0. The number of aliphatic hydroxyl groups excluding tert-OH is 3. The van der Waals surface area contributed by atoms with Crippen LogP contribution in [0.2, 0.25) is 0 Å². The maximum Gasteiger partial charge on any atom is 0 e. The van der Waals surface area contributed by atoms with Gasteiger partial charge in [0.15, 0.2) is 0 Å². The van der Waals surface area contributed by atoms with Gasteiger partial charge in [-0.3, -0.25) is 0 Å². The van der Waals surface area contributed by atoms with E-state index in [2.05, 4.69) is 0 Å². The van der Waals surface area contributed by atoms with Gasteiger partial charge in [-0.1, -0.05) is 41.5 Å².